The summed E-state index contributed by atoms with van der Waals surface area (Å²) in [5, 5.41) is 3.09. The maximum atomic E-state index is 5.91. The van der Waals surface area contributed by atoms with Crippen molar-refractivity contribution in [3.8, 4) is 5.75 Å². The average molecular weight is 290 g/mol. The molecule has 0 aliphatic heterocycles. The molecule has 1 aliphatic carbocycles. The number of ether oxygens (including phenoxy) is 1. The number of benzene rings is 1. The Morgan fingerprint density at radius 3 is 2.62 bits per heavy atom. The molecule has 1 aromatic rings. The van der Waals surface area contributed by atoms with Crippen molar-refractivity contribution in [1.82, 2.24) is 4.90 Å². The van der Waals surface area contributed by atoms with Gasteiger partial charge in [-0.1, -0.05) is 12.8 Å². The summed E-state index contributed by atoms with van der Waals surface area (Å²) in [5.74, 6) is 1.29. The fourth-order valence-corrected chi connectivity index (χ4v) is 2.72. The van der Waals surface area contributed by atoms with Crippen molar-refractivity contribution < 1.29 is 4.74 Å². The van der Waals surface area contributed by atoms with Crippen LogP contribution in [0.5, 0.6) is 5.75 Å². The van der Waals surface area contributed by atoms with E-state index in [1.807, 2.05) is 24.3 Å². The maximum Gasteiger partial charge on any atom is 0.193 e. The van der Waals surface area contributed by atoms with E-state index in [1.54, 1.807) is 7.11 Å². The number of hydrogen-bond acceptors (Lipinski definition) is 3. The summed E-state index contributed by atoms with van der Waals surface area (Å²) in [6.07, 6.45) is 5.36. The standard InChI is InChI=1S/C16H26N4O/c1-20(14-5-3-4-6-14)12-11-18-16(17)19-13-7-9-15(21-2)10-8-13/h7-10,14H,3-6,11-12H2,1-2H3,(H3,17,18,19). The van der Waals surface area contributed by atoms with Gasteiger partial charge in [0, 0.05) is 18.3 Å². The minimum absolute atomic E-state index is 0.458. The van der Waals surface area contributed by atoms with Gasteiger partial charge in [-0.25, -0.2) is 0 Å². The topological polar surface area (TPSA) is 62.9 Å². The highest BCUT2D eigenvalue weighted by molar-refractivity contribution is 5.92. The number of anilines is 1. The molecule has 116 valence electrons. The van der Waals surface area contributed by atoms with Gasteiger partial charge in [0.1, 0.15) is 5.75 Å². The van der Waals surface area contributed by atoms with E-state index in [9.17, 15) is 0 Å². The molecule has 5 nitrogen and oxygen atoms in total. The van der Waals surface area contributed by atoms with Gasteiger partial charge in [0.15, 0.2) is 5.96 Å². The molecule has 0 aromatic heterocycles. The summed E-state index contributed by atoms with van der Waals surface area (Å²) in [6.45, 7) is 1.68. The Balaban J connectivity index is 1.75. The van der Waals surface area contributed by atoms with Crippen molar-refractivity contribution in [2.75, 3.05) is 32.6 Å². The number of likely N-dealkylation sites (N-methyl/N-ethyl adjacent to an activating group) is 1. The van der Waals surface area contributed by atoms with Crippen LogP contribution in [0.2, 0.25) is 0 Å². The zero-order chi connectivity index (χ0) is 15.1. The molecule has 0 radical (unpaired) electrons. The lowest BCUT2D eigenvalue weighted by molar-refractivity contribution is 0.252. The van der Waals surface area contributed by atoms with Gasteiger partial charge < -0.3 is 20.7 Å². The van der Waals surface area contributed by atoms with E-state index in [0.29, 0.717) is 5.96 Å². The summed E-state index contributed by atoms with van der Waals surface area (Å²) in [5.41, 5.74) is 6.82. The first-order chi connectivity index (χ1) is 10.2. The highest BCUT2D eigenvalue weighted by Crippen LogP contribution is 2.21. The molecule has 1 fully saturated rings. The van der Waals surface area contributed by atoms with E-state index in [0.717, 1.165) is 30.6 Å². The molecule has 2 rings (SSSR count). The fraction of sp³-hybridized carbons (Fsp3) is 0.562. The second-order valence-corrected chi connectivity index (χ2v) is 5.54. The van der Waals surface area contributed by atoms with Gasteiger partial charge in [-0.2, -0.15) is 0 Å². The molecular weight excluding hydrogens is 264 g/mol. The van der Waals surface area contributed by atoms with Gasteiger partial charge in [-0.3, -0.25) is 4.99 Å². The van der Waals surface area contributed by atoms with Crippen molar-refractivity contribution in [3.63, 3.8) is 0 Å². The smallest absolute Gasteiger partial charge is 0.193 e. The molecule has 0 heterocycles. The van der Waals surface area contributed by atoms with Gasteiger partial charge >= 0.3 is 0 Å². The molecule has 1 aliphatic rings. The molecule has 1 aromatic carbocycles. The van der Waals surface area contributed by atoms with Crippen LogP contribution in [0.15, 0.2) is 29.3 Å². The third kappa shape index (κ3) is 4.93. The van der Waals surface area contributed by atoms with Crippen LogP contribution in [0.3, 0.4) is 0 Å². The van der Waals surface area contributed by atoms with Gasteiger partial charge in [-0.05, 0) is 44.2 Å². The highest BCUT2D eigenvalue weighted by atomic mass is 16.5. The SMILES string of the molecule is COc1ccc(NC(N)=NCCN(C)C2CCCC2)cc1. The number of guanidine groups is 1. The number of aliphatic imine (C=N–C) groups is 1. The van der Waals surface area contributed by atoms with Crippen LogP contribution < -0.4 is 15.8 Å². The van der Waals surface area contributed by atoms with Crippen molar-refractivity contribution in [3.05, 3.63) is 24.3 Å². The monoisotopic (exact) mass is 290 g/mol. The van der Waals surface area contributed by atoms with Crippen molar-refractivity contribution >= 4 is 11.6 Å². The summed E-state index contributed by atoms with van der Waals surface area (Å²) in [6, 6.07) is 8.36. The van der Waals surface area contributed by atoms with E-state index >= 15 is 0 Å². The zero-order valence-corrected chi connectivity index (χ0v) is 13.0. The van der Waals surface area contributed by atoms with E-state index in [2.05, 4.69) is 22.3 Å². The Bertz CT molecular complexity index is 452. The Kier molecular flexibility index (Phi) is 5.87. The minimum atomic E-state index is 0.458. The van der Waals surface area contributed by atoms with Crippen LogP contribution >= 0.6 is 0 Å². The molecule has 21 heavy (non-hydrogen) atoms. The summed E-state index contributed by atoms with van der Waals surface area (Å²) in [7, 11) is 3.83. The number of nitrogens with two attached hydrogens (primary N) is 1. The minimum Gasteiger partial charge on any atom is -0.497 e. The number of methoxy groups -OCH3 is 1. The molecular formula is C16H26N4O. The predicted octanol–water partition coefficient (Wildman–Crippen LogP) is 2.30. The molecule has 1 saturated carbocycles. The van der Waals surface area contributed by atoms with Crippen LogP contribution in [0.4, 0.5) is 5.69 Å². The van der Waals surface area contributed by atoms with Crippen molar-refractivity contribution in [1.29, 1.82) is 0 Å². The lowest BCUT2D eigenvalue weighted by Crippen LogP contribution is -2.32. The van der Waals surface area contributed by atoms with Crippen LogP contribution in [-0.2, 0) is 0 Å². The van der Waals surface area contributed by atoms with Crippen LogP contribution in [0.1, 0.15) is 25.7 Å². The summed E-state index contributed by atoms with van der Waals surface area (Å²) >= 11 is 0. The second-order valence-electron chi connectivity index (χ2n) is 5.54. The molecule has 0 atom stereocenters. The Labute approximate surface area is 127 Å². The number of nitrogens with zero attached hydrogens (tertiary/aromatic N) is 2. The van der Waals surface area contributed by atoms with Crippen molar-refractivity contribution in [2.24, 2.45) is 10.7 Å². The molecule has 3 N–H and O–H groups in total. The summed E-state index contributed by atoms with van der Waals surface area (Å²) < 4.78 is 5.12. The number of nitrogens with one attached hydrogen (secondary N) is 1. The van der Waals surface area contributed by atoms with Crippen molar-refractivity contribution in [2.45, 2.75) is 31.7 Å². The van der Waals surface area contributed by atoms with Gasteiger partial charge in [-0.15, -0.1) is 0 Å². The quantitative estimate of drug-likeness (QED) is 0.623. The lowest BCUT2D eigenvalue weighted by atomic mass is 10.2. The molecule has 5 heteroatoms. The second kappa shape index (κ2) is 7.88. The Morgan fingerprint density at radius 2 is 2.00 bits per heavy atom. The first-order valence-electron chi connectivity index (χ1n) is 7.60. The zero-order valence-electron chi connectivity index (χ0n) is 13.0. The van der Waals surface area contributed by atoms with E-state index in [4.69, 9.17) is 10.5 Å². The average Bonchev–Trinajstić information content (AvgIpc) is 3.02. The number of hydrogen-bond donors (Lipinski definition) is 2. The molecule has 0 bridgehead atoms. The van der Waals surface area contributed by atoms with Crippen LogP contribution in [-0.4, -0.2) is 44.1 Å². The largest absolute Gasteiger partial charge is 0.497 e. The molecule has 0 spiro atoms. The normalized spacial score (nSPS) is 16.4. The Hall–Kier alpha value is -1.75. The van der Waals surface area contributed by atoms with Gasteiger partial charge in [0.25, 0.3) is 0 Å². The maximum absolute atomic E-state index is 5.91. The van der Waals surface area contributed by atoms with Crippen LogP contribution in [0.25, 0.3) is 0 Å². The van der Waals surface area contributed by atoms with Crippen LogP contribution in [0, 0.1) is 0 Å². The molecule has 0 saturated heterocycles. The van der Waals surface area contributed by atoms with Gasteiger partial charge in [0.2, 0.25) is 0 Å². The lowest BCUT2D eigenvalue weighted by Gasteiger charge is -2.22. The predicted molar refractivity (Wildman–Crippen MR) is 88.0 cm³/mol. The van der Waals surface area contributed by atoms with E-state index in [1.165, 1.54) is 25.7 Å². The molecule has 0 amide bonds. The van der Waals surface area contributed by atoms with Gasteiger partial charge in [0.05, 0.1) is 13.7 Å². The third-order valence-electron chi connectivity index (χ3n) is 4.05. The fourth-order valence-electron chi connectivity index (χ4n) is 2.72. The molecule has 0 unspecified atom stereocenters. The first-order valence-corrected chi connectivity index (χ1v) is 7.60. The number of rotatable bonds is 6. The van der Waals surface area contributed by atoms with E-state index < -0.39 is 0 Å². The van der Waals surface area contributed by atoms with E-state index in [-0.39, 0.29) is 0 Å². The highest BCUT2D eigenvalue weighted by Gasteiger charge is 2.18. The summed E-state index contributed by atoms with van der Waals surface area (Å²) in [4.78, 5) is 6.78. The first kappa shape index (κ1) is 15.6. The Morgan fingerprint density at radius 1 is 1.33 bits per heavy atom. The third-order valence-corrected chi connectivity index (χ3v) is 4.05.